The van der Waals surface area contributed by atoms with Gasteiger partial charge in [0.2, 0.25) is 0 Å². The van der Waals surface area contributed by atoms with Gasteiger partial charge in [-0.3, -0.25) is 4.21 Å². The van der Waals surface area contributed by atoms with Crippen molar-refractivity contribution in [2.75, 3.05) is 25.1 Å². The standard InChI is InChI=1S/C13H24N2O4S/c1-3-6-13(11(16)17)7-4-9-15(13)12(18)14-8-5-10-20(2)19/h3-10H2,1-2H3,(H,14,18)(H,16,17). The Morgan fingerprint density at radius 3 is 2.70 bits per heavy atom. The Labute approximate surface area is 122 Å². The highest BCUT2D eigenvalue weighted by molar-refractivity contribution is 7.84. The van der Waals surface area contributed by atoms with Gasteiger partial charge in [0, 0.05) is 35.9 Å². The van der Waals surface area contributed by atoms with Crippen molar-refractivity contribution >= 4 is 22.8 Å². The molecule has 1 rings (SSSR count). The number of amides is 2. The number of likely N-dealkylation sites (tertiary alicyclic amines) is 1. The third kappa shape index (κ3) is 3.94. The van der Waals surface area contributed by atoms with Gasteiger partial charge in [-0.2, -0.15) is 0 Å². The third-order valence-electron chi connectivity index (χ3n) is 3.68. The number of carboxylic acids is 1. The lowest BCUT2D eigenvalue weighted by molar-refractivity contribution is -0.148. The first kappa shape index (κ1) is 16.9. The molecule has 7 heteroatoms. The highest BCUT2D eigenvalue weighted by Crippen LogP contribution is 2.33. The molecule has 1 heterocycles. The summed E-state index contributed by atoms with van der Waals surface area (Å²) >= 11 is 0. The maximum Gasteiger partial charge on any atom is 0.329 e. The second-order valence-corrected chi connectivity index (χ2v) is 6.76. The van der Waals surface area contributed by atoms with Gasteiger partial charge in [0.05, 0.1) is 0 Å². The molecule has 0 spiro atoms. The summed E-state index contributed by atoms with van der Waals surface area (Å²) in [7, 11) is -0.867. The summed E-state index contributed by atoms with van der Waals surface area (Å²) < 4.78 is 10.9. The SMILES string of the molecule is CCCC1(C(=O)O)CCCN1C(=O)NCCCS(C)=O. The maximum absolute atomic E-state index is 12.2. The van der Waals surface area contributed by atoms with Crippen LogP contribution in [0.5, 0.6) is 0 Å². The lowest BCUT2D eigenvalue weighted by Crippen LogP contribution is -2.56. The van der Waals surface area contributed by atoms with Crippen LogP contribution in [0.25, 0.3) is 0 Å². The molecule has 116 valence electrons. The second kappa shape index (κ2) is 7.61. The molecule has 0 bridgehead atoms. The van der Waals surface area contributed by atoms with E-state index in [1.807, 2.05) is 6.92 Å². The normalized spacial score (nSPS) is 23.6. The topological polar surface area (TPSA) is 86.7 Å². The molecule has 2 unspecified atom stereocenters. The molecule has 2 amide bonds. The monoisotopic (exact) mass is 304 g/mol. The minimum absolute atomic E-state index is 0.319. The van der Waals surface area contributed by atoms with E-state index in [4.69, 9.17) is 0 Å². The van der Waals surface area contributed by atoms with Crippen molar-refractivity contribution in [1.29, 1.82) is 0 Å². The number of aliphatic carboxylic acids is 1. The lowest BCUT2D eigenvalue weighted by Gasteiger charge is -2.34. The molecule has 0 radical (unpaired) electrons. The molecule has 6 nitrogen and oxygen atoms in total. The van der Waals surface area contributed by atoms with Crippen molar-refractivity contribution in [3.05, 3.63) is 0 Å². The van der Waals surface area contributed by atoms with Gasteiger partial charge in [-0.05, 0) is 25.7 Å². The third-order valence-corrected chi connectivity index (χ3v) is 4.54. The fourth-order valence-corrected chi connectivity index (χ4v) is 3.29. The van der Waals surface area contributed by atoms with Crippen LogP contribution in [0.1, 0.15) is 39.0 Å². The molecule has 20 heavy (non-hydrogen) atoms. The number of urea groups is 1. The molecule has 1 saturated heterocycles. The van der Waals surface area contributed by atoms with Gasteiger partial charge in [-0.1, -0.05) is 13.3 Å². The summed E-state index contributed by atoms with van der Waals surface area (Å²) in [5.41, 5.74) is -1.05. The predicted molar refractivity (Wildman–Crippen MR) is 78.2 cm³/mol. The van der Waals surface area contributed by atoms with Gasteiger partial charge >= 0.3 is 12.0 Å². The number of rotatable bonds is 7. The zero-order chi connectivity index (χ0) is 15.2. The summed E-state index contributed by atoms with van der Waals surface area (Å²) in [5.74, 6) is -0.374. The van der Waals surface area contributed by atoms with Crippen LogP contribution in [-0.2, 0) is 15.6 Å². The van der Waals surface area contributed by atoms with Crippen LogP contribution < -0.4 is 5.32 Å². The Morgan fingerprint density at radius 1 is 1.45 bits per heavy atom. The summed E-state index contributed by atoms with van der Waals surface area (Å²) in [6.07, 6.45) is 4.70. The maximum atomic E-state index is 12.2. The molecule has 0 saturated carbocycles. The van der Waals surface area contributed by atoms with Gasteiger partial charge in [-0.25, -0.2) is 9.59 Å². The van der Waals surface area contributed by atoms with Crippen LogP contribution in [0.2, 0.25) is 0 Å². The first-order valence-corrected chi connectivity index (χ1v) is 8.75. The van der Waals surface area contributed by atoms with Gasteiger partial charge < -0.3 is 15.3 Å². The largest absolute Gasteiger partial charge is 0.479 e. The summed E-state index contributed by atoms with van der Waals surface area (Å²) in [6, 6.07) is -0.319. The van der Waals surface area contributed by atoms with Crippen LogP contribution in [0, 0.1) is 0 Å². The number of carboxylic acid groups (broad SMARTS) is 1. The molecule has 0 aromatic carbocycles. The van der Waals surface area contributed by atoms with Crippen molar-refractivity contribution in [1.82, 2.24) is 10.2 Å². The fraction of sp³-hybridized carbons (Fsp3) is 0.846. The molecule has 1 aliphatic rings. The molecule has 0 aliphatic carbocycles. The van der Waals surface area contributed by atoms with E-state index in [0.29, 0.717) is 38.1 Å². The smallest absolute Gasteiger partial charge is 0.329 e. The quantitative estimate of drug-likeness (QED) is 0.692. The number of nitrogens with zero attached hydrogens (tertiary/aromatic N) is 1. The Morgan fingerprint density at radius 2 is 2.15 bits per heavy atom. The zero-order valence-electron chi connectivity index (χ0n) is 12.2. The van der Waals surface area contributed by atoms with E-state index in [-0.39, 0.29) is 6.03 Å². The Bertz CT molecular complexity index is 389. The number of nitrogens with one attached hydrogen (secondary N) is 1. The molecule has 2 atom stereocenters. The fourth-order valence-electron chi connectivity index (χ4n) is 2.74. The number of hydrogen-bond donors (Lipinski definition) is 2. The van der Waals surface area contributed by atoms with Crippen LogP contribution in [0.15, 0.2) is 0 Å². The zero-order valence-corrected chi connectivity index (χ0v) is 13.0. The Kier molecular flexibility index (Phi) is 6.45. The lowest BCUT2D eigenvalue weighted by atomic mass is 9.91. The predicted octanol–water partition coefficient (Wildman–Crippen LogP) is 1.18. The Balaban J connectivity index is 2.60. The minimum atomic E-state index is -1.05. The van der Waals surface area contributed by atoms with E-state index >= 15 is 0 Å². The van der Waals surface area contributed by atoms with Crippen molar-refractivity contribution in [3.63, 3.8) is 0 Å². The van der Waals surface area contributed by atoms with Crippen molar-refractivity contribution in [2.24, 2.45) is 0 Å². The average molecular weight is 304 g/mol. The number of carbonyl (C=O) groups is 2. The number of carbonyl (C=O) groups excluding carboxylic acids is 1. The highest BCUT2D eigenvalue weighted by Gasteiger charge is 2.49. The summed E-state index contributed by atoms with van der Waals surface area (Å²) in [5, 5.41) is 12.2. The molecular weight excluding hydrogens is 280 g/mol. The van der Waals surface area contributed by atoms with Crippen LogP contribution in [0.4, 0.5) is 4.79 Å². The van der Waals surface area contributed by atoms with E-state index < -0.39 is 22.3 Å². The van der Waals surface area contributed by atoms with Gasteiger partial charge in [0.25, 0.3) is 0 Å². The molecular formula is C13H24N2O4S. The summed E-state index contributed by atoms with van der Waals surface area (Å²) in [6.45, 7) is 2.84. The second-order valence-electron chi connectivity index (χ2n) is 5.20. The van der Waals surface area contributed by atoms with E-state index in [1.165, 1.54) is 4.90 Å². The highest BCUT2D eigenvalue weighted by atomic mass is 32.2. The first-order chi connectivity index (χ1) is 9.44. The van der Waals surface area contributed by atoms with Crippen molar-refractivity contribution < 1.29 is 18.9 Å². The van der Waals surface area contributed by atoms with Gasteiger partial charge in [0.1, 0.15) is 5.54 Å². The van der Waals surface area contributed by atoms with Crippen LogP contribution in [0.3, 0.4) is 0 Å². The molecule has 0 aromatic heterocycles. The summed E-state index contributed by atoms with van der Waals surface area (Å²) in [4.78, 5) is 25.2. The van der Waals surface area contributed by atoms with E-state index in [1.54, 1.807) is 6.26 Å². The molecule has 2 N–H and O–H groups in total. The minimum Gasteiger partial charge on any atom is -0.479 e. The number of hydrogen-bond acceptors (Lipinski definition) is 3. The average Bonchev–Trinajstić information content (AvgIpc) is 2.79. The van der Waals surface area contributed by atoms with E-state index in [0.717, 1.165) is 12.8 Å². The molecule has 1 aliphatic heterocycles. The Hall–Kier alpha value is -1.11. The first-order valence-electron chi connectivity index (χ1n) is 7.03. The molecule has 1 fully saturated rings. The van der Waals surface area contributed by atoms with E-state index in [2.05, 4.69) is 5.32 Å². The van der Waals surface area contributed by atoms with Gasteiger partial charge in [0.15, 0.2) is 0 Å². The van der Waals surface area contributed by atoms with Gasteiger partial charge in [-0.15, -0.1) is 0 Å². The van der Waals surface area contributed by atoms with Crippen LogP contribution >= 0.6 is 0 Å². The van der Waals surface area contributed by atoms with Crippen LogP contribution in [-0.4, -0.2) is 56.9 Å². The van der Waals surface area contributed by atoms with Crippen molar-refractivity contribution in [3.8, 4) is 0 Å². The molecule has 0 aromatic rings. The van der Waals surface area contributed by atoms with Crippen molar-refractivity contribution in [2.45, 2.75) is 44.6 Å². The van der Waals surface area contributed by atoms with E-state index in [9.17, 15) is 18.9 Å².